The fourth-order valence-electron chi connectivity index (χ4n) is 0.379. The number of rotatable bonds is 0. The third-order valence-corrected chi connectivity index (χ3v) is 0.708. The molecular weight excluding hydrogens is 118 g/mol. The van der Waals surface area contributed by atoms with Crippen LogP contribution in [0, 0.1) is 11.8 Å². The molecule has 0 aliphatic heterocycles. The van der Waals surface area contributed by atoms with Gasteiger partial charge in [0.25, 0.3) is 0 Å². The summed E-state index contributed by atoms with van der Waals surface area (Å²) in [6, 6.07) is 0. The van der Waals surface area contributed by atoms with Crippen molar-refractivity contribution < 1.29 is 9.32 Å². The number of hydrogen-bond donors (Lipinski definition) is 0. The summed E-state index contributed by atoms with van der Waals surface area (Å²) < 4.78 is 4.44. The zero-order chi connectivity index (χ0) is 6.53. The number of carbonyl (C=O) groups excluding carboxylic acids is 1. The van der Waals surface area contributed by atoms with Crippen molar-refractivity contribution in [3.63, 3.8) is 0 Å². The fraction of sp³-hybridized carbons (Fsp3) is 0. The van der Waals surface area contributed by atoms with Crippen LogP contribution in [0.15, 0.2) is 17.0 Å². The van der Waals surface area contributed by atoms with Gasteiger partial charge in [-0.3, -0.25) is 4.79 Å². The van der Waals surface area contributed by atoms with Crippen LogP contribution in [0.4, 0.5) is 0 Å². The molecule has 0 bridgehead atoms. The van der Waals surface area contributed by atoms with E-state index in [-0.39, 0.29) is 0 Å². The van der Waals surface area contributed by atoms with Crippen molar-refractivity contribution >= 4 is 6.29 Å². The number of aldehydes is 1. The maximum atomic E-state index is 9.68. The first-order valence-electron chi connectivity index (χ1n) is 2.28. The summed E-state index contributed by atoms with van der Waals surface area (Å²) in [6.07, 6.45) is 3.33. The predicted octanol–water partition coefficient (Wildman–Crippen LogP) is 0.225. The molecule has 44 valence electrons. The fourth-order valence-corrected chi connectivity index (χ4v) is 0.379. The Morgan fingerprint density at radius 1 is 1.78 bits per heavy atom. The van der Waals surface area contributed by atoms with Crippen LogP contribution >= 0.6 is 0 Å². The van der Waals surface area contributed by atoms with Gasteiger partial charge in [-0.05, 0) is 5.92 Å². The van der Waals surface area contributed by atoms with Crippen LogP contribution in [0.2, 0.25) is 0 Å². The molecule has 0 atom stereocenters. The van der Waals surface area contributed by atoms with E-state index in [2.05, 4.69) is 21.5 Å². The van der Waals surface area contributed by atoms with Crippen LogP contribution in [0.25, 0.3) is 0 Å². The lowest BCUT2D eigenvalue weighted by atomic mass is 10.4. The molecule has 1 aromatic rings. The second kappa shape index (κ2) is 2.68. The molecule has 0 N–H and O–H groups in total. The van der Waals surface area contributed by atoms with E-state index in [1.807, 2.05) is 0 Å². The molecule has 0 aliphatic carbocycles. The lowest BCUT2D eigenvalue weighted by molar-refractivity contribution is -0.103. The first-order valence-corrected chi connectivity index (χ1v) is 2.28. The van der Waals surface area contributed by atoms with E-state index in [0.29, 0.717) is 11.8 Å². The molecule has 0 aliphatic rings. The maximum absolute atomic E-state index is 9.68. The highest BCUT2D eigenvalue weighted by atomic mass is 16.5. The third kappa shape index (κ3) is 1.42. The molecule has 3 heteroatoms. The van der Waals surface area contributed by atoms with Crippen molar-refractivity contribution in [1.29, 1.82) is 0 Å². The van der Waals surface area contributed by atoms with Crippen molar-refractivity contribution in [3.05, 3.63) is 18.0 Å². The molecule has 3 nitrogen and oxygen atoms in total. The standard InChI is InChI=1S/C6H3NO2/c8-3-1-2-6-4-7-9-5-6/h3-5H. The Hall–Kier alpha value is -1.56. The number of hydrogen-bond acceptors (Lipinski definition) is 3. The quantitative estimate of drug-likeness (QED) is 0.364. The third-order valence-electron chi connectivity index (χ3n) is 0.708. The Labute approximate surface area is 51.7 Å². The zero-order valence-corrected chi connectivity index (χ0v) is 4.50. The molecule has 0 aromatic carbocycles. The smallest absolute Gasteiger partial charge is 0.193 e. The number of nitrogens with zero attached hydrogens (tertiary/aromatic N) is 1. The van der Waals surface area contributed by atoms with Gasteiger partial charge < -0.3 is 4.52 Å². The summed E-state index contributed by atoms with van der Waals surface area (Å²) in [4.78, 5) is 9.68. The summed E-state index contributed by atoms with van der Waals surface area (Å²) in [7, 11) is 0. The van der Waals surface area contributed by atoms with Crippen molar-refractivity contribution in [2.45, 2.75) is 0 Å². The molecule has 1 rings (SSSR count). The minimum absolute atomic E-state index is 0.521. The molecule has 9 heavy (non-hydrogen) atoms. The molecule has 0 amide bonds. The van der Waals surface area contributed by atoms with Crippen LogP contribution in [0.3, 0.4) is 0 Å². The summed E-state index contributed by atoms with van der Waals surface area (Å²) in [5.74, 6) is 4.72. The monoisotopic (exact) mass is 121 g/mol. The van der Waals surface area contributed by atoms with Gasteiger partial charge in [-0.15, -0.1) is 0 Å². The van der Waals surface area contributed by atoms with Crippen LogP contribution in [-0.2, 0) is 4.79 Å². The molecular formula is C6H3NO2. The van der Waals surface area contributed by atoms with Crippen LogP contribution in [-0.4, -0.2) is 11.4 Å². The lowest BCUT2D eigenvalue weighted by Crippen LogP contribution is -1.64. The van der Waals surface area contributed by atoms with Crippen LogP contribution < -0.4 is 0 Å². The lowest BCUT2D eigenvalue weighted by Gasteiger charge is -1.64. The first-order chi connectivity index (χ1) is 4.43. The molecule has 1 aromatic heterocycles. The summed E-state index contributed by atoms with van der Waals surface area (Å²) in [6.45, 7) is 0. The van der Waals surface area contributed by atoms with Crippen LogP contribution in [0.1, 0.15) is 5.56 Å². The predicted molar refractivity (Wildman–Crippen MR) is 29.4 cm³/mol. The second-order valence-electron chi connectivity index (χ2n) is 1.30. The largest absolute Gasteiger partial charge is 0.363 e. The number of carbonyl (C=O) groups is 1. The molecule has 0 radical (unpaired) electrons. The number of aromatic nitrogens is 1. The van der Waals surface area contributed by atoms with E-state index in [1.54, 1.807) is 0 Å². The molecule has 0 saturated carbocycles. The van der Waals surface area contributed by atoms with E-state index in [4.69, 9.17) is 0 Å². The van der Waals surface area contributed by atoms with Gasteiger partial charge in [0.1, 0.15) is 6.26 Å². The highest BCUT2D eigenvalue weighted by Gasteiger charge is 1.84. The highest BCUT2D eigenvalue weighted by molar-refractivity contribution is 5.73. The Bertz CT molecular complexity index is 240. The minimum Gasteiger partial charge on any atom is -0.363 e. The van der Waals surface area contributed by atoms with Crippen LogP contribution in [0.5, 0.6) is 0 Å². The van der Waals surface area contributed by atoms with E-state index in [0.717, 1.165) is 0 Å². The molecule has 1 heterocycles. The molecule has 0 saturated heterocycles. The second-order valence-corrected chi connectivity index (χ2v) is 1.30. The Morgan fingerprint density at radius 3 is 3.22 bits per heavy atom. The summed E-state index contributed by atoms with van der Waals surface area (Å²) >= 11 is 0. The highest BCUT2D eigenvalue weighted by Crippen LogP contribution is 1.90. The van der Waals surface area contributed by atoms with Gasteiger partial charge in [0.15, 0.2) is 6.29 Å². The Kier molecular flexibility index (Phi) is 1.66. The SMILES string of the molecule is O=CC#Cc1cnoc1. The van der Waals surface area contributed by atoms with Gasteiger partial charge in [-0.25, -0.2) is 0 Å². The van der Waals surface area contributed by atoms with E-state index >= 15 is 0 Å². The average Bonchev–Trinajstić information content (AvgIpc) is 2.34. The zero-order valence-electron chi connectivity index (χ0n) is 4.50. The van der Waals surface area contributed by atoms with Gasteiger partial charge in [0, 0.05) is 0 Å². The Balaban J connectivity index is 2.78. The van der Waals surface area contributed by atoms with Gasteiger partial charge in [-0.1, -0.05) is 11.1 Å². The van der Waals surface area contributed by atoms with Gasteiger partial charge in [-0.2, -0.15) is 0 Å². The maximum Gasteiger partial charge on any atom is 0.193 e. The van der Waals surface area contributed by atoms with Gasteiger partial charge in [0.2, 0.25) is 0 Å². The van der Waals surface area contributed by atoms with Crippen molar-refractivity contribution in [3.8, 4) is 11.8 Å². The summed E-state index contributed by atoms with van der Waals surface area (Å²) in [5, 5.41) is 3.38. The normalized spacial score (nSPS) is 7.56. The van der Waals surface area contributed by atoms with Gasteiger partial charge >= 0.3 is 0 Å². The molecule has 0 unspecified atom stereocenters. The van der Waals surface area contributed by atoms with E-state index < -0.39 is 0 Å². The average molecular weight is 121 g/mol. The topological polar surface area (TPSA) is 43.1 Å². The minimum atomic E-state index is 0.521. The first kappa shape index (κ1) is 5.57. The van der Waals surface area contributed by atoms with Crippen molar-refractivity contribution in [1.82, 2.24) is 5.16 Å². The van der Waals surface area contributed by atoms with E-state index in [1.165, 1.54) is 12.5 Å². The summed E-state index contributed by atoms with van der Waals surface area (Å²) in [5.41, 5.74) is 0.613. The van der Waals surface area contributed by atoms with Crippen molar-refractivity contribution in [2.24, 2.45) is 0 Å². The van der Waals surface area contributed by atoms with Crippen molar-refractivity contribution in [2.75, 3.05) is 0 Å². The molecule has 0 fully saturated rings. The van der Waals surface area contributed by atoms with Gasteiger partial charge in [0.05, 0.1) is 11.8 Å². The van der Waals surface area contributed by atoms with E-state index in [9.17, 15) is 4.79 Å². The molecule has 0 spiro atoms. The Morgan fingerprint density at radius 2 is 2.67 bits per heavy atom.